The molecule has 0 N–H and O–H groups in total. The van der Waals surface area contributed by atoms with Crippen molar-refractivity contribution in [3.05, 3.63) is 18.0 Å². The Morgan fingerprint density at radius 3 is 2.28 bits per heavy atom. The van der Waals surface area contributed by atoms with Gasteiger partial charge in [0.2, 0.25) is 0 Å². The summed E-state index contributed by atoms with van der Waals surface area (Å²) in [5.41, 5.74) is 0.671. The van der Waals surface area contributed by atoms with Crippen molar-refractivity contribution in [2.24, 2.45) is 5.41 Å². The molecule has 0 atom stereocenters. The van der Waals surface area contributed by atoms with E-state index in [-0.39, 0.29) is 11.4 Å². The molecule has 0 saturated carbocycles. The smallest absolute Gasteiger partial charge is 0.341 e. The largest absolute Gasteiger partial charge is 0.462 e. The maximum Gasteiger partial charge on any atom is 0.341 e. The zero-order valence-electron chi connectivity index (χ0n) is 20.9. The van der Waals surface area contributed by atoms with Crippen molar-refractivity contribution in [1.29, 1.82) is 0 Å². The van der Waals surface area contributed by atoms with Crippen LogP contribution in [0.2, 0.25) is 0 Å². The summed E-state index contributed by atoms with van der Waals surface area (Å²) < 4.78 is 6.99. The Morgan fingerprint density at radius 2 is 1.66 bits per heavy atom. The van der Waals surface area contributed by atoms with E-state index in [0.717, 1.165) is 38.8 Å². The number of rotatable bonds is 14. The van der Waals surface area contributed by atoms with Crippen molar-refractivity contribution < 1.29 is 14.3 Å². The zero-order chi connectivity index (χ0) is 23.4. The molecule has 0 unspecified atom stereocenters. The molecule has 32 heavy (non-hydrogen) atoms. The predicted molar refractivity (Wildman–Crippen MR) is 129 cm³/mol. The first kappa shape index (κ1) is 26.6. The van der Waals surface area contributed by atoms with Gasteiger partial charge >= 0.3 is 5.97 Å². The van der Waals surface area contributed by atoms with Crippen molar-refractivity contribution in [3.8, 4) is 0 Å². The highest BCUT2D eigenvalue weighted by Crippen LogP contribution is 2.23. The van der Waals surface area contributed by atoms with Gasteiger partial charge in [0.25, 0.3) is 0 Å². The van der Waals surface area contributed by atoms with Crippen molar-refractivity contribution in [2.75, 3.05) is 26.2 Å². The van der Waals surface area contributed by atoms with Crippen LogP contribution in [0.3, 0.4) is 0 Å². The summed E-state index contributed by atoms with van der Waals surface area (Å²) in [6.07, 6.45) is 15.7. The molecule has 0 radical (unpaired) electrons. The summed E-state index contributed by atoms with van der Waals surface area (Å²) in [4.78, 5) is 26.3. The quantitative estimate of drug-likeness (QED) is 0.265. The van der Waals surface area contributed by atoms with Crippen molar-refractivity contribution >= 4 is 11.8 Å². The van der Waals surface area contributed by atoms with Gasteiger partial charge in [0.1, 0.15) is 5.78 Å². The summed E-state index contributed by atoms with van der Waals surface area (Å²) in [7, 11) is 0. The number of esters is 1. The van der Waals surface area contributed by atoms with E-state index in [4.69, 9.17) is 4.74 Å². The number of ketones is 1. The van der Waals surface area contributed by atoms with E-state index in [1.165, 1.54) is 45.1 Å². The SMILES string of the molecule is CCOC(=O)c1cnn(C2CCN(CCCCCCCCCC(=O)CC(C)(C)C)CC2)c1. The first-order valence-electron chi connectivity index (χ1n) is 12.7. The Hall–Kier alpha value is -1.69. The van der Waals surface area contributed by atoms with Crippen molar-refractivity contribution in [1.82, 2.24) is 14.7 Å². The number of Topliss-reactive ketones (excluding diaryl/α,β-unsaturated/α-hetero) is 1. The van der Waals surface area contributed by atoms with Crippen LogP contribution >= 0.6 is 0 Å². The monoisotopic (exact) mass is 447 g/mol. The van der Waals surface area contributed by atoms with Crippen LogP contribution in [0.25, 0.3) is 0 Å². The number of unbranched alkanes of at least 4 members (excludes halogenated alkanes) is 6. The van der Waals surface area contributed by atoms with E-state index in [9.17, 15) is 9.59 Å². The normalized spacial score (nSPS) is 15.8. The highest BCUT2D eigenvalue weighted by atomic mass is 16.5. The molecular formula is C26H45N3O3. The molecule has 6 nitrogen and oxygen atoms in total. The van der Waals surface area contributed by atoms with Crippen molar-refractivity contribution in [2.45, 2.75) is 104 Å². The van der Waals surface area contributed by atoms with E-state index in [1.54, 1.807) is 6.20 Å². The van der Waals surface area contributed by atoms with Gasteiger partial charge in [-0.3, -0.25) is 9.48 Å². The lowest BCUT2D eigenvalue weighted by molar-refractivity contribution is -0.120. The molecule has 2 heterocycles. The Kier molecular flexibility index (Phi) is 11.4. The third-order valence-corrected chi connectivity index (χ3v) is 6.20. The molecular weight excluding hydrogens is 402 g/mol. The number of likely N-dealkylation sites (tertiary alicyclic amines) is 1. The van der Waals surface area contributed by atoms with Gasteiger partial charge in [0.05, 0.1) is 24.4 Å². The number of carbonyl (C=O) groups excluding carboxylic acids is 2. The average molecular weight is 448 g/mol. The molecule has 0 aliphatic carbocycles. The standard InChI is InChI=1S/C26H45N3O3/c1-5-32-25(31)22-20-27-29(21-22)23-14-17-28(18-15-23)16-12-10-8-6-7-9-11-13-24(30)19-26(2,3)4/h20-21,23H,5-19H2,1-4H3. The van der Waals surface area contributed by atoms with Gasteiger partial charge in [-0.25, -0.2) is 4.79 Å². The first-order valence-corrected chi connectivity index (χ1v) is 12.7. The average Bonchev–Trinajstić information content (AvgIpc) is 3.22. The lowest BCUT2D eigenvalue weighted by Gasteiger charge is -2.32. The van der Waals surface area contributed by atoms with Crippen molar-refractivity contribution in [3.63, 3.8) is 0 Å². The fourth-order valence-electron chi connectivity index (χ4n) is 4.49. The third kappa shape index (κ3) is 10.3. The Balaban J connectivity index is 1.47. The number of hydrogen-bond acceptors (Lipinski definition) is 5. The number of piperidine rings is 1. The Labute approximate surface area is 195 Å². The molecule has 182 valence electrons. The highest BCUT2D eigenvalue weighted by Gasteiger charge is 2.22. The maximum absolute atomic E-state index is 11.9. The molecule has 1 aliphatic heterocycles. The van der Waals surface area contributed by atoms with Gasteiger partial charge in [-0.15, -0.1) is 0 Å². The molecule has 0 bridgehead atoms. The summed E-state index contributed by atoms with van der Waals surface area (Å²) in [6, 6.07) is 0.379. The predicted octanol–water partition coefficient (Wildman–Crippen LogP) is 5.82. The molecule has 1 aromatic rings. The van der Waals surface area contributed by atoms with Gasteiger partial charge in [0.15, 0.2) is 0 Å². The van der Waals surface area contributed by atoms with E-state index < -0.39 is 0 Å². The van der Waals surface area contributed by atoms with E-state index in [2.05, 4.69) is 30.8 Å². The van der Waals surface area contributed by atoms with E-state index >= 15 is 0 Å². The van der Waals surface area contributed by atoms with Crippen LogP contribution < -0.4 is 0 Å². The molecule has 0 amide bonds. The van der Waals surface area contributed by atoms with Crippen LogP contribution in [-0.4, -0.2) is 52.7 Å². The number of aromatic nitrogens is 2. The van der Waals surface area contributed by atoms with Gasteiger partial charge in [-0.2, -0.15) is 5.10 Å². The second-order valence-corrected chi connectivity index (χ2v) is 10.5. The summed E-state index contributed by atoms with van der Waals surface area (Å²) in [5, 5.41) is 4.39. The highest BCUT2D eigenvalue weighted by molar-refractivity contribution is 5.88. The van der Waals surface area contributed by atoms with E-state index in [0.29, 0.717) is 30.4 Å². The second-order valence-electron chi connectivity index (χ2n) is 10.5. The summed E-state index contributed by atoms with van der Waals surface area (Å²) in [5.74, 6) is 0.137. The molecule has 2 rings (SSSR count). The Morgan fingerprint density at radius 1 is 1.03 bits per heavy atom. The Bertz CT molecular complexity index is 685. The van der Waals surface area contributed by atoms with Crippen LogP contribution in [0.15, 0.2) is 12.4 Å². The van der Waals surface area contributed by atoms with Gasteiger partial charge < -0.3 is 9.64 Å². The van der Waals surface area contributed by atoms with Crippen LogP contribution in [0, 0.1) is 5.41 Å². The minimum Gasteiger partial charge on any atom is -0.462 e. The maximum atomic E-state index is 11.9. The van der Waals surface area contributed by atoms with Crippen LogP contribution in [-0.2, 0) is 9.53 Å². The fraction of sp³-hybridized carbons (Fsp3) is 0.808. The molecule has 1 aromatic heterocycles. The molecule has 6 heteroatoms. The molecule has 1 saturated heterocycles. The minimum atomic E-state index is -0.287. The lowest BCUT2D eigenvalue weighted by Crippen LogP contribution is -2.35. The van der Waals surface area contributed by atoms with Crippen LogP contribution in [0.1, 0.15) is 115 Å². The zero-order valence-corrected chi connectivity index (χ0v) is 20.9. The topological polar surface area (TPSA) is 64.4 Å². The third-order valence-electron chi connectivity index (χ3n) is 6.20. The second kappa shape index (κ2) is 13.8. The van der Waals surface area contributed by atoms with Crippen LogP contribution in [0.5, 0.6) is 0 Å². The molecule has 0 aromatic carbocycles. The number of ether oxygens (including phenoxy) is 1. The number of hydrogen-bond donors (Lipinski definition) is 0. The minimum absolute atomic E-state index is 0.124. The van der Waals surface area contributed by atoms with E-state index in [1.807, 2.05) is 17.8 Å². The summed E-state index contributed by atoms with van der Waals surface area (Å²) >= 11 is 0. The molecule has 0 spiro atoms. The molecule has 1 aliphatic rings. The van der Waals surface area contributed by atoms with Gasteiger partial charge in [-0.05, 0) is 44.6 Å². The summed E-state index contributed by atoms with van der Waals surface area (Å²) in [6.45, 7) is 12.0. The van der Waals surface area contributed by atoms with Gasteiger partial charge in [-0.1, -0.05) is 52.9 Å². The fourth-order valence-corrected chi connectivity index (χ4v) is 4.49. The lowest BCUT2D eigenvalue weighted by atomic mass is 9.88. The first-order chi connectivity index (χ1) is 15.3. The van der Waals surface area contributed by atoms with Crippen LogP contribution in [0.4, 0.5) is 0 Å². The molecule has 1 fully saturated rings. The van der Waals surface area contributed by atoms with Gasteiger partial charge in [0, 0.05) is 32.1 Å². The number of carbonyl (C=O) groups is 2. The number of nitrogens with zero attached hydrogens (tertiary/aromatic N) is 3.